The summed E-state index contributed by atoms with van der Waals surface area (Å²) in [5, 5.41) is 0. The summed E-state index contributed by atoms with van der Waals surface area (Å²) in [6.07, 6.45) is 1.94. The van der Waals surface area contributed by atoms with Gasteiger partial charge in [-0.1, -0.05) is 12.1 Å². The number of benzene rings is 1. The molecule has 19 heavy (non-hydrogen) atoms. The maximum absolute atomic E-state index is 14.0. The van der Waals surface area contributed by atoms with Gasteiger partial charge in [-0.3, -0.25) is 4.79 Å². The lowest BCUT2D eigenvalue weighted by atomic mass is 10.1. The van der Waals surface area contributed by atoms with Crippen molar-refractivity contribution in [2.45, 2.75) is 6.42 Å². The van der Waals surface area contributed by atoms with E-state index in [1.54, 1.807) is 6.08 Å². The van der Waals surface area contributed by atoms with Gasteiger partial charge in [0.25, 0.3) is 0 Å². The molecule has 0 N–H and O–H groups in total. The fraction of sp³-hybridized carbons (Fsp3) is 0.286. The number of nitrogens with zero attached hydrogens (tertiary/aromatic N) is 1. The topological polar surface area (TPSA) is 46.6 Å². The Morgan fingerprint density at radius 2 is 2.32 bits per heavy atom. The highest BCUT2D eigenvalue weighted by molar-refractivity contribution is 6.04. The van der Waals surface area contributed by atoms with Crippen LogP contribution >= 0.6 is 0 Å². The Balaban J connectivity index is 2.47. The zero-order chi connectivity index (χ0) is 14.0. The number of ether oxygens (including phenoxy) is 1. The molecule has 0 aromatic heterocycles. The maximum atomic E-state index is 14.0. The number of carbonyl (C=O) groups is 2. The molecule has 1 unspecified atom stereocenters. The first-order valence-electron chi connectivity index (χ1n) is 5.88. The zero-order valence-corrected chi connectivity index (χ0v) is 10.6. The van der Waals surface area contributed by atoms with Gasteiger partial charge in [0, 0.05) is 18.9 Å². The van der Waals surface area contributed by atoms with Gasteiger partial charge in [0.05, 0.1) is 18.4 Å². The molecule has 5 heteroatoms. The van der Waals surface area contributed by atoms with Crippen LogP contribution in [0.4, 0.5) is 10.1 Å². The normalized spacial score (nSPS) is 18.5. The van der Waals surface area contributed by atoms with Gasteiger partial charge >= 0.3 is 5.97 Å². The van der Waals surface area contributed by atoms with Gasteiger partial charge in [-0.05, 0) is 12.1 Å². The second-order valence-electron chi connectivity index (χ2n) is 4.33. The Hall–Kier alpha value is -2.17. The summed E-state index contributed by atoms with van der Waals surface area (Å²) in [6.45, 7) is 3.96. The number of esters is 1. The number of amides is 1. The first-order chi connectivity index (χ1) is 9.08. The van der Waals surface area contributed by atoms with Crippen molar-refractivity contribution in [3.05, 3.63) is 42.2 Å². The van der Waals surface area contributed by atoms with Crippen LogP contribution in [0.15, 0.2) is 30.9 Å². The van der Waals surface area contributed by atoms with Crippen molar-refractivity contribution in [1.82, 2.24) is 0 Å². The molecule has 4 nitrogen and oxygen atoms in total. The summed E-state index contributed by atoms with van der Waals surface area (Å²) in [6, 6.07) is 4.08. The summed E-state index contributed by atoms with van der Waals surface area (Å²) in [5.74, 6) is -1.52. The highest BCUT2D eigenvalue weighted by Gasteiger charge is 2.33. The molecule has 0 aliphatic carbocycles. The lowest BCUT2D eigenvalue weighted by Crippen LogP contribution is -2.27. The third-order valence-electron chi connectivity index (χ3n) is 3.15. The number of rotatable bonds is 3. The number of carbonyl (C=O) groups excluding carboxylic acids is 2. The van der Waals surface area contributed by atoms with Gasteiger partial charge in [0.2, 0.25) is 5.91 Å². The highest BCUT2D eigenvalue weighted by atomic mass is 19.1. The third-order valence-corrected chi connectivity index (χ3v) is 3.15. The lowest BCUT2D eigenvalue weighted by Gasteiger charge is -2.19. The molecule has 1 aromatic rings. The van der Waals surface area contributed by atoms with Crippen LogP contribution in [0, 0.1) is 11.7 Å². The van der Waals surface area contributed by atoms with Gasteiger partial charge in [0.1, 0.15) is 5.82 Å². The van der Waals surface area contributed by atoms with E-state index in [1.165, 1.54) is 30.2 Å². The summed E-state index contributed by atoms with van der Waals surface area (Å²) in [7, 11) is 1.22. The fourth-order valence-corrected chi connectivity index (χ4v) is 2.17. The Bertz CT molecular complexity index is 541. The van der Waals surface area contributed by atoms with E-state index in [-0.39, 0.29) is 29.5 Å². The van der Waals surface area contributed by atoms with Crippen molar-refractivity contribution in [3.8, 4) is 0 Å². The largest absolute Gasteiger partial charge is 0.465 e. The average molecular weight is 263 g/mol. The lowest BCUT2D eigenvalue weighted by molar-refractivity contribution is -0.117. The van der Waals surface area contributed by atoms with E-state index in [9.17, 15) is 14.0 Å². The molecule has 1 aromatic carbocycles. The minimum absolute atomic E-state index is 0.0105. The van der Waals surface area contributed by atoms with Crippen molar-refractivity contribution in [1.29, 1.82) is 0 Å². The van der Waals surface area contributed by atoms with Crippen molar-refractivity contribution in [2.24, 2.45) is 5.92 Å². The van der Waals surface area contributed by atoms with Gasteiger partial charge in [-0.25, -0.2) is 9.18 Å². The van der Waals surface area contributed by atoms with Crippen LogP contribution in [0.3, 0.4) is 0 Å². The van der Waals surface area contributed by atoms with Crippen LogP contribution in [0.5, 0.6) is 0 Å². The molecule has 2 rings (SSSR count). The molecule has 1 aliphatic heterocycles. The van der Waals surface area contributed by atoms with E-state index in [0.29, 0.717) is 6.54 Å². The minimum Gasteiger partial charge on any atom is -0.465 e. The molecule has 0 bridgehead atoms. The fourth-order valence-electron chi connectivity index (χ4n) is 2.17. The van der Waals surface area contributed by atoms with E-state index in [2.05, 4.69) is 11.3 Å². The smallest absolute Gasteiger partial charge is 0.340 e. The zero-order valence-electron chi connectivity index (χ0n) is 10.6. The molecule has 0 spiro atoms. The Morgan fingerprint density at radius 1 is 1.58 bits per heavy atom. The summed E-state index contributed by atoms with van der Waals surface area (Å²) >= 11 is 0. The SMILES string of the molecule is C=CC1CC(=O)N(c2c(F)cccc2C(=O)OC)C1. The van der Waals surface area contributed by atoms with Crippen LogP contribution in [-0.4, -0.2) is 25.5 Å². The number of hydrogen-bond acceptors (Lipinski definition) is 3. The Morgan fingerprint density at radius 3 is 2.89 bits per heavy atom. The van der Waals surface area contributed by atoms with Gasteiger partial charge in [-0.15, -0.1) is 6.58 Å². The Kier molecular flexibility index (Phi) is 3.64. The predicted molar refractivity (Wildman–Crippen MR) is 68.4 cm³/mol. The van der Waals surface area contributed by atoms with Crippen LogP contribution in [0.1, 0.15) is 16.8 Å². The molecule has 1 aliphatic rings. The molecule has 1 amide bonds. The quantitative estimate of drug-likeness (QED) is 0.620. The monoisotopic (exact) mass is 263 g/mol. The standard InChI is InChI=1S/C14H14FNO3/c1-3-9-7-12(17)16(8-9)13-10(14(18)19-2)5-4-6-11(13)15/h3-6,9H,1,7-8H2,2H3. The second-order valence-corrected chi connectivity index (χ2v) is 4.33. The molecule has 1 fully saturated rings. The third kappa shape index (κ3) is 2.36. The predicted octanol–water partition coefficient (Wildman–Crippen LogP) is 2.15. The van der Waals surface area contributed by atoms with Crippen molar-refractivity contribution < 1.29 is 18.7 Å². The van der Waals surface area contributed by atoms with E-state index in [4.69, 9.17) is 0 Å². The first-order valence-corrected chi connectivity index (χ1v) is 5.88. The number of methoxy groups -OCH3 is 1. The maximum Gasteiger partial charge on any atom is 0.340 e. The minimum atomic E-state index is -0.663. The van der Waals surface area contributed by atoms with E-state index >= 15 is 0 Å². The molecule has 1 saturated heterocycles. The summed E-state index contributed by atoms with van der Waals surface area (Å²) < 4.78 is 18.6. The second kappa shape index (κ2) is 5.22. The van der Waals surface area contributed by atoms with Crippen molar-refractivity contribution >= 4 is 17.6 Å². The van der Waals surface area contributed by atoms with Crippen molar-refractivity contribution in [2.75, 3.05) is 18.6 Å². The number of anilines is 1. The highest BCUT2D eigenvalue weighted by Crippen LogP contribution is 2.31. The molecule has 0 saturated carbocycles. The molecular formula is C14H14FNO3. The molecular weight excluding hydrogens is 249 g/mol. The first kappa shape index (κ1) is 13.3. The van der Waals surface area contributed by atoms with Gasteiger partial charge in [-0.2, -0.15) is 0 Å². The average Bonchev–Trinajstić information content (AvgIpc) is 2.78. The molecule has 0 radical (unpaired) electrons. The van der Waals surface area contributed by atoms with E-state index in [0.717, 1.165) is 0 Å². The van der Waals surface area contributed by atoms with Crippen LogP contribution < -0.4 is 4.90 Å². The van der Waals surface area contributed by atoms with E-state index in [1.807, 2.05) is 0 Å². The van der Waals surface area contributed by atoms with Crippen LogP contribution in [0.2, 0.25) is 0 Å². The Labute approximate surface area is 110 Å². The van der Waals surface area contributed by atoms with Crippen LogP contribution in [0.25, 0.3) is 0 Å². The number of para-hydroxylation sites is 1. The van der Waals surface area contributed by atoms with Crippen LogP contribution in [-0.2, 0) is 9.53 Å². The molecule has 100 valence electrons. The summed E-state index contributed by atoms with van der Waals surface area (Å²) in [5.41, 5.74) is 0.0456. The summed E-state index contributed by atoms with van der Waals surface area (Å²) in [4.78, 5) is 24.9. The number of halogens is 1. The number of hydrogen-bond donors (Lipinski definition) is 0. The van der Waals surface area contributed by atoms with Crippen molar-refractivity contribution in [3.63, 3.8) is 0 Å². The van der Waals surface area contributed by atoms with Gasteiger partial charge < -0.3 is 9.64 Å². The molecule has 1 heterocycles. The molecule has 1 atom stereocenters. The van der Waals surface area contributed by atoms with E-state index < -0.39 is 11.8 Å². The van der Waals surface area contributed by atoms with Gasteiger partial charge in [0.15, 0.2) is 0 Å².